The minimum Gasteiger partial charge on any atom is -0.301 e. The van der Waals surface area contributed by atoms with E-state index in [9.17, 15) is 4.79 Å². The highest BCUT2D eigenvalue weighted by atomic mass is 35.5. The summed E-state index contributed by atoms with van der Waals surface area (Å²) >= 11 is 8.74. The smallest absolute Gasteiger partial charge is 0.236 e. The van der Waals surface area contributed by atoms with E-state index in [0.717, 1.165) is 16.9 Å². The average Bonchev–Trinajstić information content (AvgIpc) is 3.34. The normalized spacial score (nSPS) is 10.8. The fourth-order valence-corrected chi connectivity index (χ4v) is 4.15. The molecule has 0 saturated heterocycles. The molecule has 0 unspecified atom stereocenters. The summed E-state index contributed by atoms with van der Waals surface area (Å²) in [4.78, 5) is 20.6. The van der Waals surface area contributed by atoms with Crippen molar-refractivity contribution in [1.29, 1.82) is 0 Å². The number of nitrogens with zero attached hydrogens (tertiary/aromatic N) is 5. The van der Waals surface area contributed by atoms with Gasteiger partial charge < -0.3 is 5.32 Å². The number of amides is 1. The van der Waals surface area contributed by atoms with E-state index in [-0.39, 0.29) is 11.7 Å². The van der Waals surface area contributed by atoms with Gasteiger partial charge in [0, 0.05) is 34.0 Å². The number of pyridine rings is 1. The number of thioether (sulfide) groups is 1. The van der Waals surface area contributed by atoms with Crippen LogP contribution in [0.5, 0.6) is 0 Å². The lowest BCUT2D eigenvalue weighted by atomic mass is 10.2. The Balaban J connectivity index is 1.60. The molecule has 3 heterocycles. The van der Waals surface area contributed by atoms with Crippen LogP contribution in [-0.4, -0.2) is 36.4 Å². The number of thiazole rings is 1. The highest BCUT2D eigenvalue weighted by molar-refractivity contribution is 7.99. The number of halogens is 1. The Morgan fingerprint density at radius 1 is 1.17 bits per heavy atom. The molecule has 4 rings (SSSR count). The van der Waals surface area contributed by atoms with E-state index in [1.807, 2.05) is 41.1 Å². The van der Waals surface area contributed by atoms with Gasteiger partial charge in [0.1, 0.15) is 0 Å². The number of aromatic nitrogens is 5. The molecule has 0 aliphatic heterocycles. The molecule has 0 bridgehead atoms. The summed E-state index contributed by atoms with van der Waals surface area (Å²) in [7, 11) is 0. The minimum absolute atomic E-state index is 0.152. The van der Waals surface area contributed by atoms with Gasteiger partial charge in [-0.3, -0.25) is 14.3 Å². The molecular formula is C19H15ClN6OS2. The molecule has 1 amide bonds. The van der Waals surface area contributed by atoms with E-state index >= 15 is 0 Å². The predicted octanol–water partition coefficient (Wildman–Crippen LogP) is 4.48. The first-order chi connectivity index (χ1) is 14.1. The number of hydrogen-bond donors (Lipinski definition) is 1. The van der Waals surface area contributed by atoms with Crippen LogP contribution in [0.2, 0.25) is 5.02 Å². The summed E-state index contributed by atoms with van der Waals surface area (Å²) in [5, 5.41) is 15.2. The Kier molecular flexibility index (Phi) is 5.89. The average molecular weight is 443 g/mol. The van der Waals surface area contributed by atoms with Crippen LogP contribution in [-0.2, 0) is 4.79 Å². The monoisotopic (exact) mass is 442 g/mol. The van der Waals surface area contributed by atoms with Crippen LogP contribution < -0.4 is 5.32 Å². The second-order valence-electron chi connectivity index (χ2n) is 5.98. The summed E-state index contributed by atoms with van der Waals surface area (Å²) in [6.07, 6.45) is 3.40. The maximum atomic E-state index is 12.3. The van der Waals surface area contributed by atoms with Gasteiger partial charge in [-0.2, -0.15) is 0 Å². The molecule has 1 N–H and O–H groups in total. The lowest BCUT2D eigenvalue weighted by Crippen LogP contribution is -2.14. The van der Waals surface area contributed by atoms with E-state index in [1.165, 1.54) is 23.1 Å². The largest absolute Gasteiger partial charge is 0.301 e. The first kappa shape index (κ1) is 19.6. The van der Waals surface area contributed by atoms with Crippen molar-refractivity contribution in [3.05, 3.63) is 64.9 Å². The Morgan fingerprint density at radius 2 is 1.93 bits per heavy atom. The van der Waals surface area contributed by atoms with Gasteiger partial charge in [-0.1, -0.05) is 23.4 Å². The molecule has 3 aromatic heterocycles. The third kappa shape index (κ3) is 4.64. The molecule has 7 nitrogen and oxygen atoms in total. The maximum absolute atomic E-state index is 12.3. The number of anilines is 1. The molecule has 146 valence electrons. The molecule has 1 aromatic carbocycles. The number of carbonyl (C=O) groups is 1. The molecule has 4 aromatic rings. The number of aryl methyl sites for hydroxylation is 1. The summed E-state index contributed by atoms with van der Waals surface area (Å²) in [5.41, 5.74) is 2.60. The minimum atomic E-state index is -0.152. The van der Waals surface area contributed by atoms with Gasteiger partial charge in [-0.25, -0.2) is 4.98 Å². The van der Waals surface area contributed by atoms with Crippen LogP contribution >= 0.6 is 34.7 Å². The van der Waals surface area contributed by atoms with Crippen molar-refractivity contribution in [2.45, 2.75) is 12.1 Å². The fourth-order valence-electron chi connectivity index (χ4n) is 2.57. The highest BCUT2D eigenvalue weighted by Gasteiger charge is 2.17. The van der Waals surface area contributed by atoms with Crippen molar-refractivity contribution in [2.75, 3.05) is 11.1 Å². The zero-order chi connectivity index (χ0) is 20.2. The molecule has 0 saturated carbocycles. The Labute approximate surface area is 180 Å². The summed E-state index contributed by atoms with van der Waals surface area (Å²) < 4.78 is 1.90. The molecule has 0 spiro atoms. The zero-order valence-corrected chi connectivity index (χ0v) is 17.6. The van der Waals surface area contributed by atoms with Crippen molar-refractivity contribution in [1.82, 2.24) is 24.7 Å². The van der Waals surface area contributed by atoms with Crippen LogP contribution in [0.25, 0.3) is 17.1 Å². The second-order valence-corrected chi connectivity index (χ2v) is 8.22. The summed E-state index contributed by atoms with van der Waals surface area (Å²) in [6, 6.07) is 11.1. The Bertz CT molecular complexity index is 1130. The maximum Gasteiger partial charge on any atom is 0.236 e. The molecular weight excluding hydrogens is 428 g/mol. The van der Waals surface area contributed by atoms with Crippen LogP contribution in [0, 0.1) is 6.92 Å². The van der Waals surface area contributed by atoms with Crippen LogP contribution in [0.4, 0.5) is 5.13 Å². The predicted molar refractivity (Wildman–Crippen MR) is 116 cm³/mol. The molecule has 0 atom stereocenters. The lowest BCUT2D eigenvalue weighted by Gasteiger charge is -2.10. The summed E-state index contributed by atoms with van der Waals surface area (Å²) in [5.74, 6) is 0.689. The topological polar surface area (TPSA) is 85.6 Å². The molecule has 0 aliphatic carbocycles. The third-order valence-corrected chi connectivity index (χ3v) is 5.91. The van der Waals surface area contributed by atoms with E-state index < -0.39 is 0 Å². The van der Waals surface area contributed by atoms with Gasteiger partial charge in [0.25, 0.3) is 0 Å². The van der Waals surface area contributed by atoms with Gasteiger partial charge in [0.05, 0.1) is 11.4 Å². The van der Waals surface area contributed by atoms with Gasteiger partial charge in [0.2, 0.25) is 5.91 Å². The van der Waals surface area contributed by atoms with Crippen molar-refractivity contribution in [3.63, 3.8) is 0 Å². The molecule has 0 fully saturated rings. The van der Waals surface area contributed by atoms with Gasteiger partial charge >= 0.3 is 0 Å². The summed E-state index contributed by atoms with van der Waals surface area (Å²) in [6.45, 7) is 1.89. The van der Waals surface area contributed by atoms with Crippen molar-refractivity contribution in [3.8, 4) is 17.1 Å². The van der Waals surface area contributed by atoms with Crippen molar-refractivity contribution >= 4 is 45.7 Å². The number of benzene rings is 1. The van der Waals surface area contributed by atoms with Crippen LogP contribution in [0.3, 0.4) is 0 Å². The lowest BCUT2D eigenvalue weighted by molar-refractivity contribution is -0.113. The van der Waals surface area contributed by atoms with Crippen molar-refractivity contribution < 1.29 is 4.79 Å². The molecule has 0 aliphatic rings. The number of rotatable bonds is 6. The van der Waals surface area contributed by atoms with E-state index in [2.05, 4.69) is 25.5 Å². The van der Waals surface area contributed by atoms with Crippen LogP contribution in [0.15, 0.2) is 59.3 Å². The number of hydrogen-bond acceptors (Lipinski definition) is 7. The SMILES string of the molecule is Cc1csc(NC(=O)CSc2nnc(-c3ccncc3)n2-c2ccc(Cl)cc2)n1. The van der Waals surface area contributed by atoms with Gasteiger partial charge in [-0.15, -0.1) is 21.5 Å². The molecule has 29 heavy (non-hydrogen) atoms. The van der Waals surface area contributed by atoms with Gasteiger partial charge in [-0.05, 0) is 43.3 Å². The van der Waals surface area contributed by atoms with Crippen LogP contribution in [0.1, 0.15) is 5.69 Å². The number of carbonyl (C=O) groups excluding carboxylic acids is 1. The van der Waals surface area contributed by atoms with Crippen molar-refractivity contribution in [2.24, 2.45) is 0 Å². The van der Waals surface area contributed by atoms with E-state index in [4.69, 9.17) is 11.6 Å². The first-order valence-electron chi connectivity index (χ1n) is 8.56. The second kappa shape index (κ2) is 8.73. The first-order valence-corrected chi connectivity index (χ1v) is 10.8. The van der Waals surface area contributed by atoms with Gasteiger partial charge in [0.15, 0.2) is 16.1 Å². The molecule has 10 heteroatoms. The zero-order valence-electron chi connectivity index (χ0n) is 15.2. The highest BCUT2D eigenvalue weighted by Crippen LogP contribution is 2.28. The number of nitrogens with one attached hydrogen (secondary N) is 1. The third-order valence-electron chi connectivity index (χ3n) is 3.85. The Hall–Kier alpha value is -2.75. The van der Waals surface area contributed by atoms with E-state index in [1.54, 1.807) is 24.5 Å². The van der Waals surface area contributed by atoms with E-state index in [0.29, 0.717) is 21.1 Å². The molecule has 0 radical (unpaired) electrons. The Morgan fingerprint density at radius 3 is 2.62 bits per heavy atom. The quantitative estimate of drug-likeness (QED) is 0.443. The standard InChI is InChI=1S/C19H15ClN6OS2/c1-12-10-28-18(22-12)23-16(27)11-29-19-25-24-17(13-6-8-21-9-7-13)26(19)15-4-2-14(20)3-5-15/h2-10H,11H2,1H3,(H,22,23,27). The fraction of sp³-hybridized carbons (Fsp3) is 0.105.